The predicted molar refractivity (Wildman–Crippen MR) is 56.0 cm³/mol. The number of amides is 1. The molecule has 0 unspecified atom stereocenters. The van der Waals surface area contributed by atoms with Gasteiger partial charge in [0, 0.05) is 5.71 Å². The average Bonchev–Trinajstić information content (AvgIpc) is 2.44. The van der Waals surface area contributed by atoms with Crippen molar-refractivity contribution in [3.05, 3.63) is 0 Å². The molecule has 5 heteroatoms. The Balaban J connectivity index is 2.71. The summed E-state index contributed by atoms with van der Waals surface area (Å²) in [5, 5.41) is 8.97. The Morgan fingerprint density at radius 1 is 1.77 bits per heavy atom. The first-order chi connectivity index (χ1) is 6.52. The summed E-state index contributed by atoms with van der Waals surface area (Å²) < 4.78 is 7.31. The number of nitrogens with zero attached hydrogens (tertiary/aromatic N) is 2. The highest BCUT2D eigenvalue weighted by Gasteiger charge is 2.16. The lowest BCUT2D eigenvalue weighted by atomic mass is 10.1. The molecule has 1 aliphatic rings. The number of hydrogen-bond acceptors (Lipinski definition) is 4. The fourth-order valence-corrected chi connectivity index (χ4v) is 1.17. The lowest BCUT2D eigenvalue weighted by Gasteiger charge is -1.99. The van der Waals surface area contributed by atoms with Crippen molar-refractivity contribution >= 4 is 28.5 Å². The van der Waals surface area contributed by atoms with Gasteiger partial charge in [-0.15, -0.1) is 5.10 Å². The minimum atomic E-state index is -0.244. The van der Waals surface area contributed by atoms with Crippen molar-refractivity contribution in [2.75, 3.05) is 5.75 Å². The van der Waals surface area contributed by atoms with E-state index >= 15 is 0 Å². The number of carbonyl (C=O) groups is 1. The minimum absolute atomic E-state index is 0.244. The Kier molecular flexibility index (Phi) is 2.97. The number of amidine groups is 1. The summed E-state index contributed by atoms with van der Waals surface area (Å²) in [6, 6.07) is 0. The van der Waals surface area contributed by atoms with Crippen LogP contribution in [0.5, 0.6) is 0 Å². The van der Waals surface area contributed by atoms with Crippen LogP contribution >= 0.6 is 11.8 Å². The Labute approximate surface area is 83.3 Å². The van der Waals surface area contributed by atoms with Gasteiger partial charge in [0.2, 0.25) is 5.91 Å². The molecule has 72 valence electrons. The van der Waals surface area contributed by atoms with Crippen LogP contribution < -0.4 is 5.31 Å². The Bertz CT molecular complexity index is 301. The number of hydrogen-bond donors (Lipinski definition) is 1. The Morgan fingerprint density at radius 3 is 2.92 bits per heavy atom. The van der Waals surface area contributed by atoms with Gasteiger partial charge in [-0.3, -0.25) is 4.79 Å². The third kappa shape index (κ3) is 3.18. The fourth-order valence-electron chi connectivity index (χ4n) is 0.586. The van der Waals surface area contributed by atoms with Gasteiger partial charge >= 0.3 is 0 Å². The van der Waals surface area contributed by atoms with Crippen LogP contribution in [0.4, 0.5) is 0 Å². The van der Waals surface area contributed by atoms with Crippen molar-refractivity contribution in [2.24, 2.45) is 16.1 Å². The second-order valence-electron chi connectivity index (χ2n) is 3.07. The third-order valence-corrected chi connectivity index (χ3v) is 2.50. The molecule has 0 aromatic rings. The standard InChI is InChI=1S/C8H13N3OS/c1-5(2)6(3)10-11-8-9-7(12)4-13-8/h5H,4H2,1-3H3,(H,9,11,12)/b10-6+/i/hD. The highest BCUT2D eigenvalue weighted by Crippen LogP contribution is 2.09. The molecule has 0 aromatic heterocycles. The van der Waals surface area contributed by atoms with Crippen molar-refractivity contribution in [3.8, 4) is 0 Å². The molecule has 1 rings (SSSR count). The van der Waals surface area contributed by atoms with E-state index < -0.39 is 0 Å². The molecule has 0 aliphatic carbocycles. The van der Waals surface area contributed by atoms with Crippen molar-refractivity contribution in [3.63, 3.8) is 0 Å². The summed E-state index contributed by atoms with van der Waals surface area (Å²) >= 11 is 1.24. The van der Waals surface area contributed by atoms with Gasteiger partial charge in [0.15, 0.2) is 6.58 Å². The first kappa shape index (κ1) is 8.74. The zero-order valence-electron chi connectivity index (χ0n) is 8.94. The van der Waals surface area contributed by atoms with Crippen LogP contribution in [-0.2, 0) is 4.79 Å². The topological polar surface area (TPSA) is 53.8 Å². The molecule has 1 aliphatic heterocycles. The summed E-state index contributed by atoms with van der Waals surface area (Å²) in [6.07, 6.45) is 0. The molecule has 0 radical (unpaired) electrons. The van der Waals surface area contributed by atoms with Gasteiger partial charge in [0.1, 0.15) is 0 Å². The van der Waals surface area contributed by atoms with E-state index in [1.807, 2.05) is 20.8 Å². The molecule has 0 atom stereocenters. The van der Waals surface area contributed by atoms with Crippen LogP contribution in [0.3, 0.4) is 0 Å². The normalized spacial score (nSPS) is 23.2. The zero-order valence-corrected chi connectivity index (χ0v) is 8.76. The number of nitrogens with one attached hydrogen (secondary N) is 1. The quantitative estimate of drug-likeness (QED) is 0.538. The van der Waals surface area contributed by atoms with E-state index in [0.29, 0.717) is 16.8 Å². The highest BCUT2D eigenvalue weighted by atomic mass is 32.2. The largest absolute Gasteiger partial charge is 0.303 e. The summed E-state index contributed by atoms with van der Waals surface area (Å²) in [4.78, 5) is 11.0. The van der Waals surface area contributed by atoms with E-state index in [0.717, 1.165) is 11.0 Å². The van der Waals surface area contributed by atoms with Crippen LogP contribution in [0.25, 0.3) is 0 Å². The van der Waals surface area contributed by atoms with Crippen LogP contribution in [0.1, 0.15) is 20.8 Å². The van der Waals surface area contributed by atoms with Crippen molar-refractivity contribution in [1.82, 2.24) is 5.31 Å². The molecule has 0 bridgehead atoms. The van der Waals surface area contributed by atoms with Crippen LogP contribution in [-0.4, -0.2) is 22.5 Å². The zero-order chi connectivity index (χ0) is 10.7. The first-order valence-corrected chi connectivity index (χ1v) is 5.07. The maximum absolute atomic E-state index is 11.0. The van der Waals surface area contributed by atoms with Crippen molar-refractivity contribution in [2.45, 2.75) is 20.8 Å². The van der Waals surface area contributed by atoms with Gasteiger partial charge in [-0.1, -0.05) is 25.6 Å². The van der Waals surface area contributed by atoms with Crippen LogP contribution in [0.15, 0.2) is 10.2 Å². The van der Waals surface area contributed by atoms with E-state index in [1.165, 1.54) is 11.8 Å². The molecule has 0 saturated carbocycles. The van der Waals surface area contributed by atoms with Gasteiger partial charge < -0.3 is 5.31 Å². The fraction of sp³-hybridized carbons (Fsp3) is 0.625. The van der Waals surface area contributed by atoms with Crippen molar-refractivity contribution in [1.29, 1.82) is 0 Å². The third-order valence-electron chi connectivity index (χ3n) is 1.67. The molecule has 13 heavy (non-hydrogen) atoms. The van der Waals surface area contributed by atoms with Gasteiger partial charge in [-0.2, -0.15) is 5.10 Å². The molecule has 1 amide bonds. The average molecular weight is 200 g/mol. The summed E-state index contributed by atoms with van der Waals surface area (Å²) in [5.41, 5.74) is 0.894. The summed E-state index contributed by atoms with van der Waals surface area (Å²) in [7, 11) is 0. The minimum Gasteiger partial charge on any atom is -0.303 e. The molecule has 1 saturated heterocycles. The Morgan fingerprint density at radius 2 is 2.46 bits per heavy atom. The number of rotatable bonds is 2. The number of thioether (sulfide) groups is 1. The van der Waals surface area contributed by atoms with Gasteiger partial charge in [0.05, 0.1) is 5.75 Å². The van der Waals surface area contributed by atoms with Gasteiger partial charge in [-0.25, -0.2) is 0 Å². The molecule has 1 N–H and O–H groups in total. The second kappa shape index (κ2) is 4.41. The summed E-state index contributed by atoms with van der Waals surface area (Å²) in [5.74, 6) is 0.380. The maximum atomic E-state index is 11.0. The highest BCUT2D eigenvalue weighted by molar-refractivity contribution is 8.15. The van der Waals surface area contributed by atoms with Gasteiger partial charge in [-0.05, 0) is 12.8 Å². The molecule has 0 spiro atoms. The molecule has 1 fully saturated rings. The summed E-state index contributed by atoms with van der Waals surface area (Å²) in [6.45, 7) is 5.92. The van der Waals surface area contributed by atoms with E-state index in [-0.39, 0.29) is 5.91 Å². The smallest absolute Gasteiger partial charge is 0.236 e. The molecule has 4 nitrogen and oxygen atoms in total. The molecular weight excluding hydrogens is 186 g/mol. The van der Waals surface area contributed by atoms with E-state index in [2.05, 4.69) is 10.2 Å². The van der Waals surface area contributed by atoms with Crippen LogP contribution in [0.2, 0.25) is 1.41 Å². The second-order valence-corrected chi connectivity index (χ2v) is 4.02. The van der Waals surface area contributed by atoms with E-state index in [4.69, 9.17) is 1.41 Å². The molecule has 0 aromatic carbocycles. The molecule has 1 heterocycles. The van der Waals surface area contributed by atoms with Gasteiger partial charge in [0.25, 0.3) is 0 Å². The Hall–Kier alpha value is -0.840. The van der Waals surface area contributed by atoms with E-state index in [9.17, 15) is 4.79 Å². The molecular formula is C8H13N3OS. The van der Waals surface area contributed by atoms with Crippen molar-refractivity contribution < 1.29 is 6.21 Å². The number of carbonyl (C=O) groups excluding carboxylic acids is 1. The maximum Gasteiger partial charge on any atom is 0.236 e. The SMILES string of the molecule is [2H]N1C(=O)CS/C1=N\N=C(/C)C(C)C. The van der Waals surface area contributed by atoms with Crippen LogP contribution in [0, 0.1) is 5.92 Å². The monoisotopic (exact) mass is 200 g/mol. The van der Waals surface area contributed by atoms with E-state index in [1.54, 1.807) is 0 Å². The first-order valence-electron chi connectivity index (χ1n) is 4.54. The lowest BCUT2D eigenvalue weighted by molar-refractivity contribution is -0.116. The predicted octanol–water partition coefficient (Wildman–Crippen LogP) is 1.24. The lowest BCUT2D eigenvalue weighted by Crippen LogP contribution is -2.19.